The molecule has 0 radical (unpaired) electrons. The summed E-state index contributed by atoms with van der Waals surface area (Å²) in [7, 11) is 0. The van der Waals surface area contributed by atoms with Crippen molar-refractivity contribution in [2.45, 2.75) is 34.1 Å². The SMILES string of the molecule is CCc1c(C)nn(-c2ccc(C=O)c(C)c2)c1C. The lowest BCUT2D eigenvalue weighted by atomic mass is 10.1. The van der Waals surface area contributed by atoms with E-state index in [2.05, 4.69) is 18.9 Å². The molecule has 0 spiro atoms. The normalized spacial score (nSPS) is 10.7. The van der Waals surface area contributed by atoms with Crippen molar-refractivity contribution in [3.63, 3.8) is 0 Å². The summed E-state index contributed by atoms with van der Waals surface area (Å²) < 4.78 is 1.95. The van der Waals surface area contributed by atoms with E-state index in [9.17, 15) is 4.79 Å². The minimum atomic E-state index is 0.732. The second-order valence-electron chi connectivity index (χ2n) is 4.57. The molecule has 94 valence electrons. The van der Waals surface area contributed by atoms with Gasteiger partial charge in [-0.1, -0.05) is 6.92 Å². The third kappa shape index (κ3) is 1.96. The van der Waals surface area contributed by atoms with Crippen molar-refractivity contribution in [2.75, 3.05) is 0 Å². The van der Waals surface area contributed by atoms with Gasteiger partial charge in [-0.15, -0.1) is 0 Å². The van der Waals surface area contributed by atoms with E-state index >= 15 is 0 Å². The van der Waals surface area contributed by atoms with Crippen LogP contribution in [0.5, 0.6) is 0 Å². The van der Waals surface area contributed by atoms with E-state index in [0.717, 1.165) is 35.2 Å². The molecule has 0 bridgehead atoms. The molecule has 0 fully saturated rings. The number of hydrogen-bond donors (Lipinski definition) is 0. The van der Waals surface area contributed by atoms with Crippen molar-refractivity contribution in [1.29, 1.82) is 0 Å². The summed E-state index contributed by atoms with van der Waals surface area (Å²) in [6.45, 7) is 8.21. The first kappa shape index (κ1) is 12.6. The molecule has 0 aliphatic carbocycles. The minimum Gasteiger partial charge on any atom is -0.298 e. The number of nitrogens with zero attached hydrogens (tertiary/aromatic N) is 2. The number of aromatic nitrogens is 2. The van der Waals surface area contributed by atoms with Crippen LogP contribution >= 0.6 is 0 Å². The van der Waals surface area contributed by atoms with Gasteiger partial charge in [0.15, 0.2) is 0 Å². The first-order valence-corrected chi connectivity index (χ1v) is 6.19. The van der Waals surface area contributed by atoms with E-state index in [1.54, 1.807) is 0 Å². The van der Waals surface area contributed by atoms with Gasteiger partial charge in [0.25, 0.3) is 0 Å². The Bertz CT molecular complexity index is 597. The molecule has 0 N–H and O–H groups in total. The number of hydrogen-bond acceptors (Lipinski definition) is 2. The molecule has 0 amide bonds. The van der Waals surface area contributed by atoms with Crippen LogP contribution in [-0.4, -0.2) is 16.1 Å². The van der Waals surface area contributed by atoms with Crippen molar-refractivity contribution in [2.24, 2.45) is 0 Å². The third-order valence-electron chi connectivity index (χ3n) is 3.42. The molecule has 2 rings (SSSR count). The quantitative estimate of drug-likeness (QED) is 0.775. The molecule has 3 heteroatoms. The Morgan fingerprint density at radius 2 is 2.00 bits per heavy atom. The number of benzene rings is 1. The van der Waals surface area contributed by atoms with Crippen LogP contribution in [0, 0.1) is 20.8 Å². The van der Waals surface area contributed by atoms with Gasteiger partial charge in [-0.25, -0.2) is 4.68 Å². The van der Waals surface area contributed by atoms with Crippen molar-refractivity contribution in [1.82, 2.24) is 9.78 Å². The van der Waals surface area contributed by atoms with Gasteiger partial charge in [0.2, 0.25) is 0 Å². The Hall–Kier alpha value is -1.90. The second-order valence-corrected chi connectivity index (χ2v) is 4.57. The Morgan fingerprint density at radius 3 is 2.50 bits per heavy atom. The first-order valence-electron chi connectivity index (χ1n) is 6.19. The highest BCUT2D eigenvalue weighted by molar-refractivity contribution is 5.77. The van der Waals surface area contributed by atoms with E-state index in [1.165, 1.54) is 11.3 Å². The molecule has 0 unspecified atom stereocenters. The third-order valence-corrected chi connectivity index (χ3v) is 3.42. The number of carbonyl (C=O) groups is 1. The number of carbonyl (C=O) groups excluding carboxylic acids is 1. The van der Waals surface area contributed by atoms with Gasteiger partial charge in [0.1, 0.15) is 6.29 Å². The monoisotopic (exact) mass is 242 g/mol. The van der Waals surface area contributed by atoms with E-state index in [1.807, 2.05) is 36.7 Å². The van der Waals surface area contributed by atoms with Crippen LogP contribution in [0.1, 0.15) is 39.8 Å². The Kier molecular flexibility index (Phi) is 3.32. The van der Waals surface area contributed by atoms with Crippen LogP contribution in [0.25, 0.3) is 5.69 Å². The maximum absolute atomic E-state index is 10.8. The number of aldehydes is 1. The van der Waals surface area contributed by atoms with Crippen LogP contribution in [0.3, 0.4) is 0 Å². The summed E-state index contributed by atoms with van der Waals surface area (Å²) in [6.07, 6.45) is 1.88. The van der Waals surface area contributed by atoms with Gasteiger partial charge in [0.05, 0.1) is 11.4 Å². The topological polar surface area (TPSA) is 34.9 Å². The Labute approximate surface area is 107 Å². The van der Waals surface area contributed by atoms with Crippen LogP contribution < -0.4 is 0 Å². The molecule has 0 saturated heterocycles. The molecule has 0 saturated carbocycles. The van der Waals surface area contributed by atoms with E-state index in [0.29, 0.717) is 0 Å². The summed E-state index contributed by atoms with van der Waals surface area (Å²) in [5.74, 6) is 0. The first-order chi connectivity index (χ1) is 8.58. The van der Waals surface area contributed by atoms with E-state index in [-0.39, 0.29) is 0 Å². The predicted molar refractivity (Wildman–Crippen MR) is 72.5 cm³/mol. The fourth-order valence-electron chi connectivity index (χ4n) is 2.36. The summed E-state index contributed by atoms with van der Waals surface area (Å²) in [5, 5.41) is 4.58. The van der Waals surface area contributed by atoms with Crippen LogP contribution in [0.2, 0.25) is 0 Å². The summed E-state index contributed by atoms with van der Waals surface area (Å²) in [4.78, 5) is 10.8. The molecule has 2 aromatic rings. The molecule has 0 aliphatic rings. The maximum atomic E-state index is 10.8. The van der Waals surface area contributed by atoms with E-state index < -0.39 is 0 Å². The summed E-state index contributed by atoms with van der Waals surface area (Å²) >= 11 is 0. The second kappa shape index (κ2) is 4.77. The Morgan fingerprint density at radius 1 is 1.28 bits per heavy atom. The van der Waals surface area contributed by atoms with E-state index in [4.69, 9.17) is 0 Å². The standard InChI is InChI=1S/C15H18N2O/c1-5-15-11(3)16-17(12(15)4)14-7-6-13(9-18)10(2)8-14/h6-9H,5H2,1-4H3. The molecule has 1 aromatic carbocycles. The molecule has 0 atom stereocenters. The molecule has 18 heavy (non-hydrogen) atoms. The predicted octanol–water partition coefficient (Wildman–Crippen LogP) is 3.17. The molecule has 0 aliphatic heterocycles. The zero-order valence-corrected chi connectivity index (χ0v) is 11.3. The van der Waals surface area contributed by atoms with Gasteiger partial charge in [-0.3, -0.25) is 4.79 Å². The molecule has 1 heterocycles. The van der Waals surface area contributed by atoms with Crippen LogP contribution in [0.4, 0.5) is 0 Å². The van der Waals surface area contributed by atoms with Crippen LogP contribution in [0.15, 0.2) is 18.2 Å². The zero-order valence-electron chi connectivity index (χ0n) is 11.3. The number of aryl methyl sites for hydroxylation is 2. The Balaban J connectivity index is 2.55. The summed E-state index contributed by atoms with van der Waals surface area (Å²) in [5.41, 5.74) is 6.27. The highest BCUT2D eigenvalue weighted by Gasteiger charge is 2.11. The lowest BCUT2D eigenvalue weighted by Gasteiger charge is -2.07. The van der Waals surface area contributed by atoms with Gasteiger partial charge >= 0.3 is 0 Å². The zero-order chi connectivity index (χ0) is 13.3. The lowest BCUT2D eigenvalue weighted by molar-refractivity contribution is 0.112. The van der Waals surface area contributed by atoms with Crippen molar-refractivity contribution >= 4 is 6.29 Å². The van der Waals surface area contributed by atoms with Gasteiger partial charge in [-0.2, -0.15) is 5.10 Å². The molecule has 1 aromatic heterocycles. The van der Waals surface area contributed by atoms with Gasteiger partial charge < -0.3 is 0 Å². The largest absolute Gasteiger partial charge is 0.298 e. The van der Waals surface area contributed by atoms with Gasteiger partial charge in [0, 0.05) is 11.3 Å². The van der Waals surface area contributed by atoms with Crippen molar-refractivity contribution in [3.8, 4) is 5.69 Å². The molecular weight excluding hydrogens is 224 g/mol. The average molecular weight is 242 g/mol. The average Bonchev–Trinajstić information content (AvgIpc) is 2.64. The highest BCUT2D eigenvalue weighted by Crippen LogP contribution is 2.20. The smallest absolute Gasteiger partial charge is 0.150 e. The van der Waals surface area contributed by atoms with Crippen molar-refractivity contribution < 1.29 is 4.79 Å². The molecular formula is C15H18N2O. The maximum Gasteiger partial charge on any atom is 0.150 e. The highest BCUT2D eigenvalue weighted by atomic mass is 16.1. The van der Waals surface area contributed by atoms with Crippen molar-refractivity contribution in [3.05, 3.63) is 46.3 Å². The number of rotatable bonds is 3. The van der Waals surface area contributed by atoms with Crippen LogP contribution in [-0.2, 0) is 6.42 Å². The lowest BCUT2D eigenvalue weighted by Crippen LogP contribution is -2.01. The fourth-order valence-corrected chi connectivity index (χ4v) is 2.36. The minimum absolute atomic E-state index is 0.732. The molecule has 3 nitrogen and oxygen atoms in total. The fraction of sp³-hybridized carbons (Fsp3) is 0.333. The summed E-state index contributed by atoms with van der Waals surface area (Å²) in [6, 6.07) is 5.79. The van der Waals surface area contributed by atoms with Gasteiger partial charge in [-0.05, 0) is 56.5 Å².